The van der Waals surface area contributed by atoms with Crippen molar-refractivity contribution in [1.29, 1.82) is 0 Å². The summed E-state index contributed by atoms with van der Waals surface area (Å²) < 4.78 is 0. The Hall–Kier alpha value is -0.570. The normalized spacial score (nSPS) is 25.0. The Morgan fingerprint density at radius 2 is 2.06 bits per heavy atom. The minimum atomic E-state index is 0.216. The van der Waals surface area contributed by atoms with Crippen molar-refractivity contribution in [3.05, 3.63) is 0 Å². The van der Waals surface area contributed by atoms with Crippen LogP contribution in [0.4, 0.5) is 0 Å². The van der Waals surface area contributed by atoms with Crippen molar-refractivity contribution < 1.29 is 4.79 Å². The van der Waals surface area contributed by atoms with Crippen molar-refractivity contribution in [2.45, 2.75) is 52.0 Å². The molecular formula is C14H28N2O. The van der Waals surface area contributed by atoms with Crippen molar-refractivity contribution in [3.8, 4) is 0 Å². The Kier molecular flexibility index (Phi) is 5.96. The summed E-state index contributed by atoms with van der Waals surface area (Å²) in [7, 11) is 3.63. The summed E-state index contributed by atoms with van der Waals surface area (Å²) in [5.41, 5.74) is 0. The van der Waals surface area contributed by atoms with E-state index in [0.29, 0.717) is 12.5 Å². The van der Waals surface area contributed by atoms with Crippen LogP contribution in [-0.4, -0.2) is 37.5 Å². The number of carbonyl (C=O) groups excluding carboxylic acids is 1. The second-order valence-electron chi connectivity index (χ2n) is 5.86. The highest BCUT2D eigenvalue weighted by molar-refractivity contribution is 5.75. The number of hydrogen-bond donors (Lipinski definition) is 1. The van der Waals surface area contributed by atoms with Crippen LogP contribution >= 0.6 is 0 Å². The molecular weight excluding hydrogens is 212 g/mol. The van der Waals surface area contributed by atoms with E-state index in [2.05, 4.69) is 19.2 Å². The fourth-order valence-corrected chi connectivity index (χ4v) is 2.63. The lowest BCUT2D eigenvalue weighted by Gasteiger charge is -2.32. The smallest absolute Gasteiger partial charge is 0.223 e. The van der Waals surface area contributed by atoms with E-state index in [1.807, 2.05) is 14.1 Å². The Morgan fingerprint density at radius 1 is 1.35 bits per heavy atom. The van der Waals surface area contributed by atoms with Crippen LogP contribution in [0, 0.1) is 11.8 Å². The topological polar surface area (TPSA) is 32.3 Å². The number of rotatable bonds is 5. The SMILES string of the molecule is CC(C)C1CCCC(NCCC(=O)N(C)C)C1. The largest absolute Gasteiger partial charge is 0.349 e. The summed E-state index contributed by atoms with van der Waals surface area (Å²) in [5.74, 6) is 1.88. The van der Waals surface area contributed by atoms with Crippen molar-refractivity contribution in [1.82, 2.24) is 10.2 Å². The first-order valence-electron chi connectivity index (χ1n) is 6.94. The summed E-state index contributed by atoms with van der Waals surface area (Å²) >= 11 is 0. The van der Waals surface area contributed by atoms with Crippen LogP contribution in [0.2, 0.25) is 0 Å². The van der Waals surface area contributed by atoms with Crippen LogP contribution < -0.4 is 5.32 Å². The molecule has 17 heavy (non-hydrogen) atoms. The lowest BCUT2D eigenvalue weighted by atomic mass is 9.79. The molecule has 0 spiro atoms. The van der Waals surface area contributed by atoms with Gasteiger partial charge in [0.15, 0.2) is 0 Å². The lowest BCUT2D eigenvalue weighted by molar-refractivity contribution is -0.128. The highest BCUT2D eigenvalue weighted by Crippen LogP contribution is 2.29. The van der Waals surface area contributed by atoms with Crippen LogP contribution in [-0.2, 0) is 4.79 Å². The predicted octanol–water partition coefficient (Wildman–Crippen LogP) is 2.27. The molecule has 1 saturated carbocycles. The molecule has 2 atom stereocenters. The van der Waals surface area contributed by atoms with E-state index in [-0.39, 0.29) is 5.91 Å². The average Bonchev–Trinajstić information content (AvgIpc) is 2.29. The van der Waals surface area contributed by atoms with Gasteiger partial charge in [0.1, 0.15) is 0 Å². The molecule has 1 aliphatic carbocycles. The average molecular weight is 240 g/mol. The van der Waals surface area contributed by atoms with E-state index in [9.17, 15) is 4.79 Å². The molecule has 2 unspecified atom stereocenters. The van der Waals surface area contributed by atoms with Gasteiger partial charge in [-0.1, -0.05) is 26.7 Å². The van der Waals surface area contributed by atoms with Crippen LogP contribution in [0.15, 0.2) is 0 Å². The number of nitrogens with one attached hydrogen (secondary N) is 1. The summed E-state index contributed by atoms with van der Waals surface area (Å²) in [6.45, 7) is 5.47. The monoisotopic (exact) mass is 240 g/mol. The van der Waals surface area contributed by atoms with Gasteiger partial charge in [-0.3, -0.25) is 4.79 Å². The Labute approximate surface area is 106 Å². The molecule has 0 bridgehead atoms. The van der Waals surface area contributed by atoms with Gasteiger partial charge in [-0.25, -0.2) is 0 Å². The predicted molar refractivity (Wildman–Crippen MR) is 71.9 cm³/mol. The number of amides is 1. The van der Waals surface area contributed by atoms with Gasteiger partial charge in [0.2, 0.25) is 5.91 Å². The molecule has 1 fully saturated rings. The molecule has 0 heterocycles. The first-order valence-corrected chi connectivity index (χ1v) is 6.94. The van der Waals surface area contributed by atoms with Crippen molar-refractivity contribution >= 4 is 5.91 Å². The van der Waals surface area contributed by atoms with Gasteiger partial charge in [-0.05, 0) is 24.7 Å². The maximum Gasteiger partial charge on any atom is 0.223 e. The summed E-state index contributed by atoms with van der Waals surface area (Å²) in [5, 5.41) is 3.54. The van der Waals surface area contributed by atoms with E-state index in [1.54, 1.807) is 4.90 Å². The lowest BCUT2D eigenvalue weighted by Crippen LogP contribution is -2.37. The Bertz CT molecular complexity index is 238. The van der Waals surface area contributed by atoms with Gasteiger partial charge >= 0.3 is 0 Å². The zero-order chi connectivity index (χ0) is 12.8. The third-order valence-electron chi connectivity index (χ3n) is 3.93. The molecule has 0 aromatic heterocycles. The Morgan fingerprint density at radius 3 is 2.65 bits per heavy atom. The zero-order valence-corrected chi connectivity index (χ0v) is 11.8. The van der Waals surface area contributed by atoms with Gasteiger partial charge < -0.3 is 10.2 Å². The quantitative estimate of drug-likeness (QED) is 0.799. The molecule has 1 rings (SSSR count). The van der Waals surface area contributed by atoms with E-state index in [1.165, 1.54) is 25.7 Å². The summed E-state index contributed by atoms with van der Waals surface area (Å²) in [6.07, 6.45) is 5.90. The number of nitrogens with zero attached hydrogens (tertiary/aromatic N) is 1. The third-order valence-corrected chi connectivity index (χ3v) is 3.93. The van der Waals surface area contributed by atoms with Gasteiger partial charge in [0.25, 0.3) is 0 Å². The van der Waals surface area contributed by atoms with Gasteiger partial charge in [0, 0.05) is 33.1 Å². The van der Waals surface area contributed by atoms with Crippen LogP contribution in [0.1, 0.15) is 46.0 Å². The van der Waals surface area contributed by atoms with Crippen LogP contribution in [0.3, 0.4) is 0 Å². The van der Waals surface area contributed by atoms with Crippen LogP contribution in [0.5, 0.6) is 0 Å². The molecule has 1 N–H and O–H groups in total. The minimum absolute atomic E-state index is 0.216. The van der Waals surface area contributed by atoms with E-state index in [0.717, 1.165) is 18.4 Å². The second kappa shape index (κ2) is 7.00. The zero-order valence-electron chi connectivity index (χ0n) is 11.8. The number of hydrogen-bond acceptors (Lipinski definition) is 2. The van der Waals surface area contributed by atoms with Gasteiger partial charge in [-0.2, -0.15) is 0 Å². The first-order chi connectivity index (χ1) is 8.00. The molecule has 0 aromatic rings. The van der Waals surface area contributed by atoms with E-state index in [4.69, 9.17) is 0 Å². The third kappa shape index (κ3) is 5.07. The highest BCUT2D eigenvalue weighted by atomic mass is 16.2. The van der Waals surface area contributed by atoms with Crippen LogP contribution in [0.25, 0.3) is 0 Å². The molecule has 100 valence electrons. The highest BCUT2D eigenvalue weighted by Gasteiger charge is 2.23. The maximum atomic E-state index is 11.4. The summed E-state index contributed by atoms with van der Waals surface area (Å²) in [6, 6.07) is 0.631. The van der Waals surface area contributed by atoms with Crippen molar-refractivity contribution in [3.63, 3.8) is 0 Å². The van der Waals surface area contributed by atoms with Gasteiger partial charge in [0.05, 0.1) is 0 Å². The fraction of sp³-hybridized carbons (Fsp3) is 0.929. The van der Waals surface area contributed by atoms with Crippen molar-refractivity contribution in [2.75, 3.05) is 20.6 Å². The fourth-order valence-electron chi connectivity index (χ4n) is 2.63. The van der Waals surface area contributed by atoms with Gasteiger partial charge in [-0.15, -0.1) is 0 Å². The van der Waals surface area contributed by atoms with E-state index >= 15 is 0 Å². The van der Waals surface area contributed by atoms with Crippen molar-refractivity contribution in [2.24, 2.45) is 11.8 Å². The molecule has 0 saturated heterocycles. The second-order valence-corrected chi connectivity index (χ2v) is 5.86. The maximum absolute atomic E-state index is 11.4. The molecule has 1 aliphatic rings. The molecule has 0 aliphatic heterocycles. The minimum Gasteiger partial charge on any atom is -0.349 e. The molecule has 3 nitrogen and oxygen atoms in total. The Balaban J connectivity index is 2.21. The molecule has 1 amide bonds. The standard InChI is InChI=1S/C14H28N2O/c1-11(2)12-6-5-7-13(10-12)15-9-8-14(17)16(3)4/h11-13,15H,5-10H2,1-4H3. The molecule has 0 aromatic carbocycles. The summed E-state index contributed by atoms with van der Waals surface area (Å²) in [4.78, 5) is 13.1. The molecule has 3 heteroatoms. The van der Waals surface area contributed by atoms with E-state index < -0.39 is 0 Å². The molecule has 0 radical (unpaired) electrons. The first kappa shape index (κ1) is 14.5. The number of carbonyl (C=O) groups is 1.